The molecule has 0 unspecified atom stereocenters. The second-order valence-corrected chi connectivity index (χ2v) is 8.00. The number of thiazole rings is 1. The summed E-state index contributed by atoms with van der Waals surface area (Å²) in [5.41, 5.74) is 0.710. The summed E-state index contributed by atoms with van der Waals surface area (Å²) in [4.78, 5) is 16.9. The molecule has 1 heterocycles. The number of nitrogens with zero attached hydrogens (tertiary/aromatic N) is 2. The highest BCUT2D eigenvalue weighted by Crippen LogP contribution is 2.32. The monoisotopic (exact) mass is 460 g/mol. The third kappa shape index (κ3) is 4.50. The average Bonchev–Trinajstić information content (AvgIpc) is 2.96. The van der Waals surface area contributed by atoms with E-state index in [4.69, 9.17) is 51.1 Å². The standard InChI is InChI=1S/C18H12Cl4N2O2S/c1-2-7-24-17-14(6-4-11(20)16(17)22)27-18(24)23-15(25)9-26-13-5-3-10(19)8-12(13)21/h2-6,8H,1,7,9H2. The molecule has 0 radical (unpaired) electrons. The molecular formula is C18H12Cl4N2O2S. The summed E-state index contributed by atoms with van der Waals surface area (Å²) < 4.78 is 8.08. The van der Waals surface area contributed by atoms with Gasteiger partial charge in [-0.1, -0.05) is 63.8 Å². The minimum absolute atomic E-state index is 0.266. The first kappa shape index (κ1) is 20.2. The van der Waals surface area contributed by atoms with Crippen molar-refractivity contribution in [1.29, 1.82) is 0 Å². The summed E-state index contributed by atoms with van der Waals surface area (Å²) in [6.07, 6.45) is 1.69. The maximum atomic E-state index is 12.3. The van der Waals surface area contributed by atoms with Crippen LogP contribution in [0.25, 0.3) is 10.2 Å². The Hall–Kier alpha value is -1.50. The predicted molar refractivity (Wildman–Crippen MR) is 113 cm³/mol. The maximum absolute atomic E-state index is 12.3. The molecule has 0 N–H and O–H groups in total. The molecule has 0 saturated heterocycles. The highest BCUT2D eigenvalue weighted by molar-refractivity contribution is 7.16. The highest BCUT2D eigenvalue weighted by Gasteiger charge is 2.13. The lowest BCUT2D eigenvalue weighted by molar-refractivity contribution is -0.120. The Bertz CT molecular complexity index is 1100. The quantitative estimate of drug-likeness (QED) is 0.436. The number of hydrogen-bond acceptors (Lipinski definition) is 3. The van der Waals surface area contributed by atoms with Crippen LogP contribution in [0.2, 0.25) is 20.1 Å². The van der Waals surface area contributed by atoms with E-state index in [1.165, 1.54) is 17.4 Å². The summed E-state index contributed by atoms with van der Waals surface area (Å²) in [5.74, 6) is -0.109. The number of rotatable bonds is 5. The van der Waals surface area contributed by atoms with Crippen LogP contribution in [0.5, 0.6) is 5.75 Å². The van der Waals surface area contributed by atoms with E-state index in [-0.39, 0.29) is 6.61 Å². The first-order chi connectivity index (χ1) is 12.9. The second-order valence-electron chi connectivity index (χ2n) is 5.36. The van der Waals surface area contributed by atoms with Gasteiger partial charge in [-0.25, -0.2) is 0 Å². The summed E-state index contributed by atoms with van der Waals surface area (Å²) >= 11 is 25.6. The van der Waals surface area contributed by atoms with Crippen molar-refractivity contribution in [3.8, 4) is 5.75 Å². The lowest BCUT2D eigenvalue weighted by Crippen LogP contribution is -2.19. The Morgan fingerprint density at radius 3 is 2.67 bits per heavy atom. The number of fused-ring (bicyclic) bond motifs is 1. The number of carbonyl (C=O) groups excluding carboxylic acids is 1. The molecule has 9 heteroatoms. The van der Waals surface area contributed by atoms with E-state index >= 15 is 0 Å². The molecule has 140 valence electrons. The van der Waals surface area contributed by atoms with E-state index < -0.39 is 5.91 Å². The Labute approximate surface area is 179 Å². The molecule has 1 amide bonds. The van der Waals surface area contributed by atoms with Crippen LogP contribution < -0.4 is 9.54 Å². The van der Waals surface area contributed by atoms with Gasteiger partial charge >= 0.3 is 0 Å². The van der Waals surface area contributed by atoms with Crippen molar-refractivity contribution in [3.05, 3.63) is 67.9 Å². The normalized spacial score (nSPS) is 11.8. The van der Waals surface area contributed by atoms with Crippen LogP contribution in [0.3, 0.4) is 0 Å². The summed E-state index contributed by atoms with van der Waals surface area (Å²) in [7, 11) is 0. The van der Waals surface area contributed by atoms with Gasteiger partial charge in [-0.2, -0.15) is 4.99 Å². The first-order valence-corrected chi connectivity index (χ1v) is 9.97. The van der Waals surface area contributed by atoms with Crippen molar-refractivity contribution in [3.63, 3.8) is 0 Å². The molecule has 3 rings (SSSR count). The van der Waals surface area contributed by atoms with Gasteiger partial charge in [0.1, 0.15) is 5.75 Å². The Morgan fingerprint density at radius 1 is 1.19 bits per heavy atom. The van der Waals surface area contributed by atoms with Crippen LogP contribution in [0.15, 0.2) is 48.0 Å². The number of aromatic nitrogens is 1. The molecule has 0 aliphatic rings. The fourth-order valence-corrected chi connectivity index (χ4v) is 4.36. The van der Waals surface area contributed by atoms with Crippen LogP contribution >= 0.6 is 57.7 Å². The summed E-state index contributed by atoms with van der Waals surface area (Å²) in [6.45, 7) is 3.90. The third-order valence-corrected chi connectivity index (χ3v) is 5.88. The van der Waals surface area contributed by atoms with Gasteiger partial charge in [0, 0.05) is 11.6 Å². The van der Waals surface area contributed by atoms with Gasteiger partial charge in [0.25, 0.3) is 5.91 Å². The van der Waals surface area contributed by atoms with E-state index in [0.29, 0.717) is 42.7 Å². The molecule has 0 fully saturated rings. The Morgan fingerprint density at radius 2 is 1.96 bits per heavy atom. The second kappa shape index (κ2) is 8.67. The molecule has 1 aromatic heterocycles. The number of hydrogen-bond donors (Lipinski definition) is 0. The molecular weight excluding hydrogens is 450 g/mol. The minimum Gasteiger partial charge on any atom is -0.482 e. The zero-order valence-corrected chi connectivity index (χ0v) is 17.6. The van der Waals surface area contributed by atoms with Gasteiger partial charge in [-0.3, -0.25) is 4.79 Å². The molecule has 0 bridgehead atoms. The lowest BCUT2D eigenvalue weighted by atomic mass is 10.3. The number of amides is 1. The van der Waals surface area contributed by atoms with Gasteiger partial charge in [-0.05, 0) is 30.3 Å². The maximum Gasteiger partial charge on any atom is 0.286 e. The van der Waals surface area contributed by atoms with Crippen molar-refractivity contribution in [2.24, 2.45) is 4.99 Å². The summed E-state index contributed by atoms with van der Waals surface area (Å²) in [6, 6.07) is 8.30. The SMILES string of the molecule is C=CCn1c(=NC(=O)COc2ccc(Cl)cc2Cl)sc2ccc(Cl)c(Cl)c21. The number of carbonyl (C=O) groups is 1. The molecule has 0 aliphatic heterocycles. The fraction of sp³-hybridized carbons (Fsp3) is 0.111. The Balaban J connectivity index is 1.92. The number of benzene rings is 2. The van der Waals surface area contributed by atoms with Gasteiger partial charge in [0.05, 0.1) is 25.3 Å². The van der Waals surface area contributed by atoms with E-state index in [9.17, 15) is 4.79 Å². The largest absolute Gasteiger partial charge is 0.482 e. The molecule has 0 aliphatic carbocycles. The fourth-order valence-electron chi connectivity index (χ4n) is 2.36. The smallest absolute Gasteiger partial charge is 0.286 e. The van der Waals surface area contributed by atoms with Gasteiger partial charge in [-0.15, -0.1) is 6.58 Å². The van der Waals surface area contributed by atoms with Crippen LogP contribution in [0.4, 0.5) is 0 Å². The van der Waals surface area contributed by atoms with Crippen LogP contribution in [0, 0.1) is 0 Å². The van der Waals surface area contributed by atoms with Gasteiger partial charge < -0.3 is 9.30 Å². The van der Waals surface area contributed by atoms with Gasteiger partial charge in [0.2, 0.25) is 0 Å². The minimum atomic E-state index is -0.465. The molecule has 27 heavy (non-hydrogen) atoms. The van der Waals surface area contributed by atoms with Crippen molar-refractivity contribution in [2.45, 2.75) is 6.54 Å². The predicted octanol–water partition coefficient (Wildman–Crippen LogP) is 6.01. The summed E-state index contributed by atoms with van der Waals surface area (Å²) in [5, 5.41) is 1.64. The topological polar surface area (TPSA) is 43.6 Å². The number of allylic oxidation sites excluding steroid dienone is 1. The zero-order valence-electron chi connectivity index (χ0n) is 13.7. The van der Waals surface area contributed by atoms with E-state index in [1.54, 1.807) is 28.8 Å². The van der Waals surface area contributed by atoms with Crippen LogP contribution in [-0.2, 0) is 11.3 Å². The van der Waals surface area contributed by atoms with Crippen molar-refractivity contribution in [2.75, 3.05) is 6.61 Å². The molecule has 0 spiro atoms. The van der Waals surface area contributed by atoms with Gasteiger partial charge in [0.15, 0.2) is 11.4 Å². The average molecular weight is 462 g/mol. The molecule has 0 atom stereocenters. The van der Waals surface area contributed by atoms with E-state index in [2.05, 4.69) is 11.6 Å². The van der Waals surface area contributed by atoms with Crippen LogP contribution in [0.1, 0.15) is 0 Å². The molecule has 4 nitrogen and oxygen atoms in total. The van der Waals surface area contributed by atoms with E-state index in [1.807, 2.05) is 6.07 Å². The number of ether oxygens (including phenoxy) is 1. The first-order valence-electron chi connectivity index (χ1n) is 7.64. The molecule has 3 aromatic rings. The molecule has 2 aromatic carbocycles. The van der Waals surface area contributed by atoms with Crippen molar-refractivity contribution < 1.29 is 9.53 Å². The number of halogens is 4. The van der Waals surface area contributed by atoms with Crippen molar-refractivity contribution in [1.82, 2.24) is 4.57 Å². The van der Waals surface area contributed by atoms with Crippen LogP contribution in [-0.4, -0.2) is 17.1 Å². The molecule has 0 saturated carbocycles. The lowest BCUT2D eigenvalue weighted by Gasteiger charge is -2.06. The zero-order chi connectivity index (χ0) is 19.6. The Kier molecular flexibility index (Phi) is 6.50. The third-order valence-electron chi connectivity index (χ3n) is 3.51. The highest BCUT2D eigenvalue weighted by atomic mass is 35.5. The van der Waals surface area contributed by atoms with Crippen molar-refractivity contribution >= 4 is 73.9 Å². The van der Waals surface area contributed by atoms with E-state index in [0.717, 1.165) is 4.70 Å².